The molecular formula is C22H22F2N2O4. The largest absolute Gasteiger partial charge is 0.434 e. The molecule has 2 aromatic rings. The predicted molar refractivity (Wildman–Crippen MR) is 103 cm³/mol. The number of rotatable bonds is 5. The Hall–Kier alpha value is -3.00. The van der Waals surface area contributed by atoms with Crippen LogP contribution in [0.15, 0.2) is 42.5 Å². The summed E-state index contributed by atoms with van der Waals surface area (Å²) in [4.78, 5) is 26.6. The van der Waals surface area contributed by atoms with Crippen LogP contribution in [-0.4, -0.2) is 35.1 Å². The fourth-order valence-electron chi connectivity index (χ4n) is 4.55. The highest BCUT2D eigenvalue weighted by molar-refractivity contribution is 5.93. The Balaban J connectivity index is 1.51. The number of aryl methyl sites for hydroxylation is 1. The van der Waals surface area contributed by atoms with Crippen molar-refractivity contribution in [2.75, 3.05) is 6.54 Å². The van der Waals surface area contributed by atoms with E-state index in [1.54, 1.807) is 40.7 Å². The molecule has 1 heterocycles. The lowest BCUT2D eigenvalue weighted by Crippen LogP contribution is -2.38. The van der Waals surface area contributed by atoms with Gasteiger partial charge in [0.25, 0.3) is 5.91 Å². The summed E-state index contributed by atoms with van der Waals surface area (Å²) in [5.41, 5.74) is 4.08. The first kappa shape index (κ1) is 20.3. The van der Waals surface area contributed by atoms with Gasteiger partial charge in [-0.1, -0.05) is 24.3 Å². The number of likely N-dealkylation sites (tertiary alicyclic amines) is 1. The van der Waals surface area contributed by atoms with E-state index in [1.165, 1.54) is 6.07 Å². The van der Waals surface area contributed by atoms with Crippen molar-refractivity contribution < 1.29 is 28.3 Å². The number of nitrogens with zero attached hydrogens (tertiary/aromatic N) is 1. The van der Waals surface area contributed by atoms with Crippen molar-refractivity contribution >= 4 is 11.8 Å². The van der Waals surface area contributed by atoms with Gasteiger partial charge in [0.15, 0.2) is 0 Å². The van der Waals surface area contributed by atoms with Crippen LogP contribution in [0.2, 0.25) is 0 Å². The van der Waals surface area contributed by atoms with Crippen LogP contribution in [0.25, 0.3) is 0 Å². The van der Waals surface area contributed by atoms with Crippen LogP contribution in [0.1, 0.15) is 39.9 Å². The number of hydrogen-bond acceptors (Lipinski definition) is 4. The molecule has 2 aromatic carbocycles. The van der Waals surface area contributed by atoms with E-state index >= 15 is 0 Å². The zero-order chi connectivity index (χ0) is 21.3. The summed E-state index contributed by atoms with van der Waals surface area (Å²) in [6.45, 7) is -2.13. The van der Waals surface area contributed by atoms with Crippen molar-refractivity contribution in [2.24, 2.45) is 5.41 Å². The lowest BCUT2D eigenvalue weighted by Gasteiger charge is -2.33. The third kappa shape index (κ3) is 3.75. The summed E-state index contributed by atoms with van der Waals surface area (Å²) in [6, 6.07) is 11.8. The van der Waals surface area contributed by atoms with Crippen LogP contribution in [0.3, 0.4) is 0 Å². The molecule has 2 amide bonds. The smallest absolute Gasteiger partial charge is 0.387 e. The first-order valence-electron chi connectivity index (χ1n) is 9.80. The normalized spacial score (nSPS) is 20.5. The highest BCUT2D eigenvalue weighted by atomic mass is 19.3. The Bertz CT molecular complexity index is 981. The number of ether oxygens (including phenoxy) is 1. The number of para-hydroxylation sites is 1. The quantitative estimate of drug-likeness (QED) is 0.579. The van der Waals surface area contributed by atoms with Gasteiger partial charge in [-0.25, -0.2) is 5.48 Å². The molecule has 8 heteroatoms. The van der Waals surface area contributed by atoms with Crippen molar-refractivity contribution in [2.45, 2.75) is 38.8 Å². The van der Waals surface area contributed by atoms with Crippen LogP contribution >= 0.6 is 0 Å². The minimum absolute atomic E-state index is 0.0252. The molecule has 1 aliphatic heterocycles. The van der Waals surface area contributed by atoms with Crippen LogP contribution in [0, 0.1) is 5.41 Å². The van der Waals surface area contributed by atoms with E-state index in [1.807, 2.05) is 6.07 Å². The SMILES string of the molecule is O=C(NO)c1ccc2c(c1)CC[C@@]1(CCN(Cc3ccccc3OC(F)F)C1=O)C2. The molecule has 0 unspecified atom stereocenters. The fourth-order valence-corrected chi connectivity index (χ4v) is 4.55. The Morgan fingerprint density at radius 1 is 1.20 bits per heavy atom. The molecule has 0 bridgehead atoms. The number of amides is 2. The molecule has 6 nitrogen and oxygen atoms in total. The molecule has 158 valence electrons. The zero-order valence-corrected chi connectivity index (χ0v) is 16.2. The molecule has 0 aromatic heterocycles. The molecular weight excluding hydrogens is 394 g/mol. The summed E-state index contributed by atoms with van der Waals surface area (Å²) in [5.74, 6) is -0.451. The molecule has 0 radical (unpaired) electrons. The molecule has 2 aliphatic rings. The summed E-state index contributed by atoms with van der Waals surface area (Å²) in [5, 5.41) is 8.81. The van der Waals surface area contributed by atoms with Crippen molar-refractivity contribution in [3.63, 3.8) is 0 Å². The topological polar surface area (TPSA) is 78.9 Å². The van der Waals surface area contributed by atoms with Gasteiger partial charge in [-0.3, -0.25) is 14.8 Å². The minimum atomic E-state index is -2.92. The third-order valence-corrected chi connectivity index (χ3v) is 6.12. The molecule has 1 atom stereocenters. The van der Waals surface area contributed by atoms with Crippen LogP contribution in [-0.2, 0) is 24.2 Å². The van der Waals surface area contributed by atoms with Crippen LogP contribution in [0.5, 0.6) is 5.75 Å². The maximum Gasteiger partial charge on any atom is 0.387 e. The monoisotopic (exact) mass is 416 g/mol. The van der Waals surface area contributed by atoms with Crippen molar-refractivity contribution in [3.05, 3.63) is 64.7 Å². The summed E-state index contributed by atoms with van der Waals surface area (Å²) < 4.78 is 29.9. The van der Waals surface area contributed by atoms with Gasteiger partial charge in [0.1, 0.15) is 5.75 Å². The van der Waals surface area contributed by atoms with E-state index in [9.17, 15) is 18.4 Å². The standard InChI is InChI=1S/C22H22F2N2O4/c23-21(24)30-18-4-2-1-3-17(18)13-26-10-9-22(20(26)28)8-7-14-11-15(19(27)25-29)5-6-16(14)12-22/h1-6,11,21,29H,7-10,12-13H2,(H,25,27)/t22-/m1/s1. The number of hydrogen-bond donors (Lipinski definition) is 2. The summed E-state index contributed by atoms with van der Waals surface area (Å²) in [7, 11) is 0. The maximum atomic E-state index is 13.3. The van der Waals surface area contributed by atoms with E-state index in [2.05, 4.69) is 4.74 Å². The van der Waals surface area contributed by atoms with Gasteiger partial charge in [0, 0.05) is 24.2 Å². The maximum absolute atomic E-state index is 13.3. The Kier molecular flexibility index (Phi) is 5.42. The number of benzene rings is 2. The molecule has 1 spiro atoms. The molecule has 1 aliphatic carbocycles. The molecule has 1 fully saturated rings. The number of nitrogens with one attached hydrogen (secondary N) is 1. The molecule has 0 saturated carbocycles. The highest BCUT2D eigenvalue weighted by Gasteiger charge is 2.48. The second kappa shape index (κ2) is 8.02. The predicted octanol–water partition coefficient (Wildman–Crippen LogP) is 3.31. The van der Waals surface area contributed by atoms with Crippen molar-refractivity contribution in [1.29, 1.82) is 0 Å². The molecule has 1 saturated heterocycles. The van der Waals surface area contributed by atoms with Gasteiger partial charge in [-0.15, -0.1) is 0 Å². The summed E-state index contributed by atoms with van der Waals surface area (Å²) in [6.07, 6.45) is 2.59. The lowest BCUT2D eigenvalue weighted by molar-refractivity contribution is -0.137. The van der Waals surface area contributed by atoms with Gasteiger partial charge in [0.05, 0.1) is 5.41 Å². The van der Waals surface area contributed by atoms with E-state index < -0.39 is 17.9 Å². The number of hydroxylamine groups is 1. The fraction of sp³-hybridized carbons (Fsp3) is 0.364. The Labute approximate surface area is 172 Å². The van der Waals surface area contributed by atoms with Crippen molar-refractivity contribution in [3.8, 4) is 5.75 Å². The zero-order valence-electron chi connectivity index (χ0n) is 16.2. The van der Waals surface area contributed by atoms with E-state index in [0.29, 0.717) is 43.4 Å². The van der Waals surface area contributed by atoms with E-state index in [0.717, 1.165) is 11.1 Å². The van der Waals surface area contributed by atoms with Crippen LogP contribution < -0.4 is 10.2 Å². The van der Waals surface area contributed by atoms with Crippen LogP contribution in [0.4, 0.5) is 8.78 Å². The number of carbonyl (C=O) groups excluding carboxylic acids is 2. The third-order valence-electron chi connectivity index (χ3n) is 6.12. The highest BCUT2D eigenvalue weighted by Crippen LogP contribution is 2.44. The van der Waals surface area contributed by atoms with E-state index in [-0.39, 0.29) is 18.2 Å². The van der Waals surface area contributed by atoms with Gasteiger partial charge in [-0.05, 0) is 55.0 Å². The second-order valence-electron chi connectivity index (χ2n) is 7.84. The number of carbonyl (C=O) groups is 2. The average Bonchev–Trinajstić information content (AvgIpc) is 3.03. The Morgan fingerprint density at radius 3 is 2.77 bits per heavy atom. The Morgan fingerprint density at radius 2 is 2.00 bits per heavy atom. The molecule has 2 N–H and O–H groups in total. The average molecular weight is 416 g/mol. The van der Waals surface area contributed by atoms with Gasteiger partial charge < -0.3 is 9.64 Å². The lowest BCUT2D eigenvalue weighted by atomic mass is 9.70. The number of fused-ring (bicyclic) bond motifs is 1. The van der Waals surface area contributed by atoms with E-state index in [4.69, 9.17) is 5.21 Å². The second-order valence-corrected chi connectivity index (χ2v) is 7.84. The van der Waals surface area contributed by atoms with Gasteiger partial charge in [0.2, 0.25) is 5.91 Å². The van der Waals surface area contributed by atoms with Crippen molar-refractivity contribution in [1.82, 2.24) is 10.4 Å². The molecule has 30 heavy (non-hydrogen) atoms. The molecule has 4 rings (SSSR count). The number of halogens is 2. The van der Waals surface area contributed by atoms with Gasteiger partial charge >= 0.3 is 6.61 Å². The van der Waals surface area contributed by atoms with Gasteiger partial charge in [-0.2, -0.15) is 8.78 Å². The summed E-state index contributed by atoms with van der Waals surface area (Å²) >= 11 is 0. The number of alkyl halides is 2. The first-order valence-corrected chi connectivity index (χ1v) is 9.80. The first-order chi connectivity index (χ1) is 14.4. The minimum Gasteiger partial charge on any atom is -0.434 e.